The van der Waals surface area contributed by atoms with Crippen molar-refractivity contribution in [1.29, 1.82) is 0 Å². The Balaban J connectivity index is 0.00000324. The molecular formula is C20H30N5O5PS3. The van der Waals surface area contributed by atoms with Crippen molar-refractivity contribution in [3.8, 4) is 0 Å². The SMILES string of the molecule is C=C(C)[C@H]1CC[C@@]2(C)O[P@](=S)(OC[C@H]3O[C@@H](n4cc(C)c(=O)[nH]c4=O)C[C@@H]3N=[N+]=[N-])S[C@@H]2C1.S. The number of aromatic nitrogens is 2. The second-order valence-electron chi connectivity index (χ2n) is 9.17. The quantitative estimate of drug-likeness (QED) is 0.183. The Hall–Kier alpha value is -1.04. The van der Waals surface area contributed by atoms with Crippen LogP contribution in [0.3, 0.4) is 0 Å². The van der Waals surface area contributed by atoms with Crippen molar-refractivity contribution in [3.05, 3.63) is 55.2 Å². The van der Waals surface area contributed by atoms with Crippen LogP contribution in [0.25, 0.3) is 10.4 Å². The molecule has 188 valence electrons. The molecule has 2 saturated heterocycles. The molecule has 0 bridgehead atoms. The maximum absolute atomic E-state index is 12.3. The molecule has 0 unspecified atom stereocenters. The van der Waals surface area contributed by atoms with Gasteiger partial charge in [0.25, 0.3) is 5.56 Å². The minimum absolute atomic E-state index is 0. The van der Waals surface area contributed by atoms with Gasteiger partial charge in [0.1, 0.15) is 6.23 Å². The molecule has 34 heavy (non-hydrogen) atoms. The van der Waals surface area contributed by atoms with Gasteiger partial charge in [-0.25, -0.2) is 4.79 Å². The van der Waals surface area contributed by atoms with Gasteiger partial charge >= 0.3 is 5.69 Å². The topological polar surface area (TPSA) is 131 Å². The fourth-order valence-corrected chi connectivity index (χ4v) is 11.4. The normalized spacial score (nSPS) is 36.9. The summed E-state index contributed by atoms with van der Waals surface area (Å²) >= 11 is 7.43. The van der Waals surface area contributed by atoms with Gasteiger partial charge in [0, 0.05) is 28.3 Å². The third kappa shape index (κ3) is 5.52. The minimum atomic E-state index is -2.62. The first-order valence-electron chi connectivity index (χ1n) is 10.8. The fourth-order valence-electron chi connectivity index (χ4n) is 4.63. The molecule has 2 aliphatic heterocycles. The lowest BCUT2D eigenvalue weighted by Gasteiger charge is -2.37. The molecule has 3 aliphatic rings. The summed E-state index contributed by atoms with van der Waals surface area (Å²) in [6.07, 6.45) is 3.35. The maximum Gasteiger partial charge on any atom is 0.330 e. The van der Waals surface area contributed by atoms with Crippen LogP contribution in [-0.4, -0.2) is 39.2 Å². The van der Waals surface area contributed by atoms with Gasteiger partial charge in [-0.05, 0) is 63.3 Å². The second kappa shape index (κ2) is 10.5. The molecule has 1 saturated carbocycles. The number of hydrogen-bond donors (Lipinski definition) is 1. The lowest BCUT2D eigenvalue weighted by Crippen LogP contribution is -2.40. The summed E-state index contributed by atoms with van der Waals surface area (Å²) in [6, 6.07) is -0.543. The number of azide groups is 1. The van der Waals surface area contributed by atoms with Gasteiger partial charge in [-0.2, -0.15) is 13.5 Å². The molecule has 0 amide bonds. The van der Waals surface area contributed by atoms with Crippen LogP contribution in [0, 0.1) is 12.8 Å². The van der Waals surface area contributed by atoms with E-state index in [1.54, 1.807) is 18.3 Å². The zero-order chi connectivity index (χ0) is 24.0. The number of fused-ring (bicyclic) bond motifs is 1. The minimum Gasteiger partial charge on any atom is -0.352 e. The first kappa shape index (κ1) is 27.5. The summed E-state index contributed by atoms with van der Waals surface area (Å²) in [5, 5.41) is 4.09. The smallest absolute Gasteiger partial charge is 0.330 e. The number of nitrogens with one attached hydrogen (secondary N) is 1. The van der Waals surface area contributed by atoms with E-state index in [0.717, 1.165) is 19.3 Å². The predicted molar refractivity (Wildman–Crippen MR) is 141 cm³/mol. The Morgan fingerprint density at radius 1 is 1.53 bits per heavy atom. The molecule has 3 fully saturated rings. The van der Waals surface area contributed by atoms with E-state index in [-0.39, 0.29) is 37.4 Å². The van der Waals surface area contributed by atoms with Crippen molar-refractivity contribution in [1.82, 2.24) is 9.55 Å². The molecule has 4 rings (SSSR count). The van der Waals surface area contributed by atoms with E-state index in [2.05, 4.69) is 35.4 Å². The summed E-state index contributed by atoms with van der Waals surface area (Å²) in [5.41, 5.74) is 6.61. The summed E-state index contributed by atoms with van der Waals surface area (Å²) in [6.45, 7) is 9.99. The fraction of sp³-hybridized carbons (Fsp3) is 0.700. The van der Waals surface area contributed by atoms with Crippen LogP contribution >= 0.6 is 30.6 Å². The van der Waals surface area contributed by atoms with Crippen LogP contribution in [0.1, 0.15) is 51.3 Å². The van der Waals surface area contributed by atoms with Gasteiger partial charge in [0.15, 0.2) is 0 Å². The van der Waals surface area contributed by atoms with Crippen LogP contribution in [0.2, 0.25) is 0 Å². The van der Waals surface area contributed by atoms with E-state index in [0.29, 0.717) is 11.5 Å². The van der Waals surface area contributed by atoms with E-state index in [9.17, 15) is 9.59 Å². The van der Waals surface area contributed by atoms with Crippen LogP contribution in [0.4, 0.5) is 0 Å². The van der Waals surface area contributed by atoms with Crippen molar-refractivity contribution in [3.63, 3.8) is 0 Å². The molecule has 0 spiro atoms. The summed E-state index contributed by atoms with van der Waals surface area (Å²) in [5.74, 6) is 0.466. The number of rotatable bonds is 6. The number of allylic oxidation sites excluding steroid dienone is 1. The Labute approximate surface area is 213 Å². The van der Waals surface area contributed by atoms with Gasteiger partial charge in [0.05, 0.1) is 24.4 Å². The average molecular weight is 548 g/mol. The van der Waals surface area contributed by atoms with Gasteiger partial charge in [-0.3, -0.25) is 14.3 Å². The zero-order valence-corrected chi connectivity index (χ0v) is 22.8. The Morgan fingerprint density at radius 2 is 2.26 bits per heavy atom. The van der Waals surface area contributed by atoms with Crippen molar-refractivity contribution < 1.29 is 13.8 Å². The zero-order valence-electron chi connectivity index (χ0n) is 19.3. The summed E-state index contributed by atoms with van der Waals surface area (Å²) < 4.78 is 19.9. The molecule has 7 atom stereocenters. The van der Waals surface area contributed by atoms with Gasteiger partial charge in [-0.15, -0.1) is 0 Å². The first-order valence-corrected chi connectivity index (χ1v) is 15.0. The third-order valence-electron chi connectivity index (χ3n) is 6.70. The Kier molecular flexibility index (Phi) is 8.52. The van der Waals surface area contributed by atoms with E-state index in [1.807, 2.05) is 0 Å². The lowest BCUT2D eigenvalue weighted by molar-refractivity contribution is -0.0253. The predicted octanol–water partition coefficient (Wildman–Crippen LogP) is 4.43. The van der Waals surface area contributed by atoms with Crippen molar-refractivity contribution in [2.75, 3.05) is 6.61 Å². The van der Waals surface area contributed by atoms with E-state index < -0.39 is 35.3 Å². The number of H-pyrrole nitrogens is 1. The van der Waals surface area contributed by atoms with Gasteiger partial charge in [0.2, 0.25) is 5.69 Å². The molecule has 1 aliphatic carbocycles. The first-order chi connectivity index (χ1) is 15.5. The van der Waals surface area contributed by atoms with Crippen molar-refractivity contribution >= 4 is 42.4 Å². The highest BCUT2D eigenvalue weighted by Crippen LogP contribution is 2.74. The number of aryl methyl sites for hydroxylation is 1. The highest BCUT2D eigenvalue weighted by atomic mass is 32.9. The largest absolute Gasteiger partial charge is 0.352 e. The standard InChI is InChI=1S/C20H28N5O5PS2.H2S/c1-11(2)13-5-6-20(4)16(7-13)33-31(32,30-20)28-10-15-14(23-24-21)8-17(29-15)25-9-12(3)18(26)22-19(25)27;/h9,13-17H,1,5-8,10H2,2-4H3,(H,22,26,27);1H2/t13-,14-,15+,16+,17+,20+,31-;/m0./s1. The monoisotopic (exact) mass is 547 g/mol. The van der Waals surface area contributed by atoms with Crippen LogP contribution in [0.5, 0.6) is 0 Å². The molecule has 3 heterocycles. The van der Waals surface area contributed by atoms with E-state index >= 15 is 0 Å². The molecule has 14 heteroatoms. The third-order valence-corrected chi connectivity index (χ3v) is 12.4. The highest BCUT2D eigenvalue weighted by Gasteiger charge is 2.53. The molecule has 1 N–H and O–H groups in total. The summed E-state index contributed by atoms with van der Waals surface area (Å²) in [4.78, 5) is 29.2. The summed E-state index contributed by atoms with van der Waals surface area (Å²) in [7, 11) is 0. The van der Waals surface area contributed by atoms with Crippen LogP contribution < -0.4 is 11.2 Å². The number of hydrogen-bond acceptors (Lipinski definition) is 8. The van der Waals surface area contributed by atoms with Gasteiger partial charge in [-0.1, -0.05) is 28.6 Å². The molecular weight excluding hydrogens is 517 g/mol. The van der Waals surface area contributed by atoms with E-state index in [4.69, 9.17) is 31.1 Å². The van der Waals surface area contributed by atoms with Crippen LogP contribution in [-0.2, 0) is 25.6 Å². The van der Waals surface area contributed by atoms with Gasteiger partial charge < -0.3 is 13.8 Å². The number of nitrogens with zero attached hydrogens (tertiary/aromatic N) is 4. The van der Waals surface area contributed by atoms with E-state index in [1.165, 1.54) is 16.3 Å². The Morgan fingerprint density at radius 3 is 2.94 bits per heavy atom. The molecule has 10 nitrogen and oxygen atoms in total. The molecule has 1 aromatic rings. The molecule has 1 aromatic heterocycles. The van der Waals surface area contributed by atoms with Crippen LogP contribution in [0.15, 0.2) is 33.1 Å². The highest BCUT2D eigenvalue weighted by molar-refractivity contribution is 8.68. The maximum atomic E-state index is 12.3. The number of ether oxygens (including phenoxy) is 1. The van der Waals surface area contributed by atoms with Crippen molar-refractivity contribution in [2.45, 2.75) is 75.7 Å². The molecule has 0 radical (unpaired) electrons. The molecule has 0 aromatic carbocycles. The average Bonchev–Trinajstić information content (AvgIpc) is 3.26. The second-order valence-corrected chi connectivity index (χ2v) is 15.5. The van der Waals surface area contributed by atoms with Crippen molar-refractivity contribution in [2.24, 2.45) is 11.0 Å². The Bertz CT molecular complexity index is 1170. The lowest BCUT2D eigenvalue weighted by atomic mass is 9.77. The number of aromatic amines is 1.